The topological polar surface area (TPSA) is 68.3 Å². The van der Waals surface area contributed by atoms with Crippen LogP contribution in [0.3, 0.4) is 0 Å². The van der Waals surface area contributed by atoms with E-state index in [-0.39, 0.29) is 11.7 Å². The van der Waals surface area contributed by atoms with E-state index in [1.807, 2.05) is 59.0 Å². The summed E-state index contributed by atoms with van der Waals surface area (Å²) in [6.07, 6.45) is 0. The first-order chi connectivity index (χ1) is 11.7. The van der Waals surface area contributed by atoms with E-state index < -0.39 is 0 Å². The minimum atomic E-state index is -0.285. The minimum Gasteiger partial charge on any atom is -0.445 e. The number of fused-ring (bicyclic) bond motifs is 1. The zero-order valence-corrected chi connectivity index (χ0v) is 14.5. The van der Waals surface area contributed by atoms with Crippen molar-refractivity contribution >= 4 is 45.3 Å². The molecular formula is C18H11IN2O3. The van der Waals surface area contributed by atoms with Crippen LogP contribution < -0.4 is 5.32 Å². The van der Waals surface area contributed by atoms with Crippen molar-refractivity contribution in [1.82, 2.24) is 4.98 Å². The lowest BCUT2D eigenvalue weighted by Gasteiger charge is -2.03. The highest BCUT2D eigenvalue weighted by Gasteiger charge is 2.11. The van der Waals surface area contributed by atoms with E-state index in [1.54, 1.807) is 24.3 Å². The summed E-state index contributed by atoms with van der Waals surface area (Å²) >= 11 is 2.02. The summed E-state index contributed by atoms with van der Waals surface area (Å²) < 4.78 is 11.7. The highest BCUT2D eigenvalue weighted by atomic mass is 127. The number of aromatic nitrogens is 1. The Kier molecular flexibility index (Phi) is 3.81. The number of anilines is 1. The van der Waals surface area contributed by atoms with Crippen LogP contribution in [0.4, 0.5) is 5.69 Å². The summed E-state index contributed by atoms with van der Waals surface area (Å²) in [6, 6.07) is 18.3. The fourth-order valence-electron chi connectivity index (χ4n) is 2.32. The molecule has 0 radical (unpaired) electrons. The monoisotopic (exact) mass is 430 g/mol. The van der Waals surface area contributed by atoms with Gasteiger partial charge in [0, 0.05) is 11.3 Å². The maximum absolute atomic E-state index is 12.1. The largest absolute Gasteiger partial charge is 0.445 e. The van der Waals surface area contributed by atoms with Crippen LogP contribution >= 0.6 is 22.6 Å². The summed E-state index contributed by atoms with van der Waals surface area (Å²) in [6.45, 7) is 0. The minimum absolute atomic E-state index is 0.280. The third-order valence-corrected chi connectivity index (χ3v) is 4.06. The third-order valence-electron chi connectivity index (χ3n) is 3.48. The number of para-hydroxylation sites is 2. The molecule has 0 aliphatic heterocycles. The van der Waals surface area contributed by atoms with Crippen molar-refractivity contribution in [3.63, 3.8) is 0 Å². The molecule has 0 aliphatic carbocycles. The lowest BCUT2D eigenvalue weighted by atomic mass is 10.2. The van der Waals surface area contributed by atoms with E-state index in [0.717, 1.165) is 16.7 Å². The molecule has 24 heavy (non-hydrogen) atoms. The van der Waals surface area contributed by atoms with E-state index in [1.165, 1.54) is 0 Å². The normalized spacial score (nSPS) is 10.9. The van der Waals surface area contributed by atoms with Crippen molar-refractivity contribution in [1.29, 1.82) is 0 Å². The summed E-state index contributed by atoms with van der Waals surface area (Å²) in [7, 11) is 0. The zero-order chi connectivity index (χ0) is 16.5. The number of amides is 1. The molecule has 0 saturated heterocycles. The number of carbonyl (C=O) groups is 1. The molecule has 6 heteroatoms. The van der Waals surface area contributed by atoms with Crippen LogP contribution in [0.5, 0.6) is 0 Å². The van der Waals surface area contributed by atoms with Gasteiger partial charge in [-0.15, -0.1) is 0 Å². The molecule has 5 nitrogen and oxygen atoms in total. The molecule has 4 aromatic rings. The Morgan fingerprint density at radius 2 is 1.75 bits per heavy atom. The van der Waals surface area contributed by atoms with Crippen LogP contribution in [0.1, 0.15) is 10.6 Å². The second-order valence-electron chi connectivity index (χ2n) is 5.12. The second kappa shape index (κ2) is 6.12. The number of furan rings is 1. The summed E-state index contributed by atoms with van der Waals surface area (Å²) in [5.41, 5.74) is 3.08. The summed E-state index contributed by atoms with van der Waals surface area (Å²) in [4.78, 5) is 16.5. The molecule has 2 heterocycles. The fourth-order valence-corrected chi connectivity index (χ4v) is 2.74. The van der Waals surface area contributed by atoms with Gasteiger partial charge in [0.05, 0.1) is 0 Å². The van der Waals surface area contributed by atoms with Gasteiger partial charge in [-0.1, -0.05) is 12.1 Å². The maximum atomic E-state index is 12.1. The number of nitrogens with one attached hydrogen (secondary N) is 1. The highest BCUT2D eigenvalue weighted by molar-refractivity contribution is 14.1. The number of benzene rings is 2. The Labute approximate surface area is 150 Å². The molecule has 118 valence electrons. The first-order valence-corrected chi connectivity index (χ1v) is 8.29. The van der Waals surface area contributed by atoms with Crippen molar-refractivity contribution in [3.8, 4) is 11.5 Å². The zero-order valence-electron chi connectivity index (χ0n) is 12.3. The Bertz CT molecular complexity index is 985. The first kappa shape index (κ1) is 14.9. The van der Waals surface area contributed by atoms with Gasteiger partial charge in [-0.2, -0.15) is 0 Å². The maximum Gasteiger partial charge on any atom is 0.291 e. The lowest BCUT2D eigenvalue weighted by Crippen LogP contribution is -2.10. The van der Waals surface area contributed by atoms with Gasteiger partial charge in [-0.25, -0.2) is 4.98 Å². The van der Waals surface area contributed by atoms with E-state index in [0.29, 0.717) is 15.3 Å². The predicted octanol–water partition coefficient (Wildman–Crippen LogP) is 4.94. The number of halogens is 1. The van der Waals surface area contributed by atoms with Gasteiger partial charge in [0.25, 0.3) is 5.91 Å². The number of hydrogen-bond acceptors (Lipinski definition) is 4. The van der Waals surface area contributed by atoms with Gasteiger partial charge in [0.2, 0.25) is 5.89 Å². The Morgan fingerprint density at radius 3 is 2.46 bits per heavy atom. The molecule has 0 fully saturated rings. The molecule has 0 spiro atoms. The molecular weight excluding hydrogens is 419 g/mol. The molecule has 0 bridgehead atoms. The highest BCUT2D eigenvalue weighted by Crippen LogP contribution is 2.25. The van der Waals surface area contributed by atoms with Crippen LogP contribution in [-0.2, 0) is 0 Å². The third kappa shape index (κ3) is 2.92. The first-order valence-electron chi connectivity index (χ1n) is 7.22. The number of hydrogen-bond donors (Lipinski definition) is 1. The van der Waals surface area contributed by atoms with Crippen LogP contribution in [0, 0.1) is 3.77 Å². The van der Waals surface area contributed by atoms with E-state index >= 15 is 0 Å². The van der Waals surface area contributed by atoms with Crippen molar-refractivity contribution < 1.29 is 13.6 Å². The predicted molar refractivity (Wildman–Crippen MR) is 98.8 cm³/mol. The number of oxazole rings is 1. The standard InChI is InChI=1S/C18H11IN2O3/c19-16-10-9-15(23-16)17(22)20-12-7-5-11(6-8-12)18-21-13-3-1-2-4-14(13)24-18/h1-10H,(H,20,22). The van der Waals surface area contributed by atoms with E-state index in [9.17, 15) is 4.79 Å². The summed E-state index contributed by atoms with van der Waals surface area (Å²) in [5, 5.41) is 2.79. The van der Waals surface area contributed by atoms with Crippen LogP contribution in [0.15, 0.2) is 69.5 Å². The van der Waals surface area contributed by atoms with Gasteiger partial charge < -0.3 is 14.2 Å². The number of nitrogens with zero attached hydrogens (tertiary/aromatic N) is 1. The molecule has 1 N–H and O–H groups in total. The molecule has 1 amide bonds. The van der Waals surface area contributed by atoms with Crippen LogP contribution in [0.2, 0.25) is 0 Å². The van der Waals surface area contributed by atoms with Crippen molar-refractivity contribution in [2.24, 2.45) is 0 Å². The van der Waals surface area contributed by atoms with E-state index in [2.05, 4.69) is 10.3 Å². The van der Waals surface area contributed by atoms with Gasteiger partial charge in [-0.3, -0.25) is 4.79 Å². The quantitative estimate of drug-likeness (QED) is 0.468. The van der Waals surface area contributed by atoms with Gasteiger partial charge in [0.15, 0.2) is 15.1 Å². The fraction of sp³-hybridized carbons (Fsp3) is 0. The van der Waals surface area contributed by atoms with Crippen molar-refractivity contribution in [2.75, 3.05) is 5.32 Å². The Morgan fingerprint density at radius 1 is 0.958 bits per heavy atom. The molecule has 2 aromatic heterocycles. The summed E-state index contributed by atoms with van der Waals surface area (Å²) in [5.74, 6) is 0.546. The molecule has 0 unspecified atom stereocenters. The number of rotatable bonds is 3. The smallest absolute Gasteiger partial charge is 0.291 e. The van der Waals surface area contributed by atoms with Gasteiger partial charge in [0.1, 0.15) is 5.52 Å². The average Bonchev–Trinajstić information content (AvgIpc) is 3.21. The van der Waals surface area contributed by atoms with Crippen LogP contribution in [-0.4, -0.2) is 10.9 Å². The SMILES string of the molecule is O=C(Nc1ccc(-c2nc3ccccc3o2)cc1)c1ccc(I)o1. The Balaban J connectivity index is 1.55. The van der Waals surface area contributed by atoms with Crippen molar-refractivity contribution in [2.45, 2.75) is 0 Å². The number of carbonyl (C=O) groups excluding carboxylic acids is 1. The van der Waals surface area contributed by atoms with E-state index in [4.69, 9.17) is 8.83 Å². The molecule has 0 saturated carbocycles. The molecule has 2 aromatic carbocycles. The van der Waals surface area contributed by atoms with Gasteiger partial charge in [-0.05, 0) is 71.1 Å². The lowest BCUT2D eigenvalue weighted by molar-refractivity contribution is 0.0995. The average molecular weight is 430 g/mol. The van der Waals surface area contributed by atoms with Crippen LogP contribution in [0.25, 0.3) is 22.6 Å². The molecule has 0 aliphatic rings. The second-order valence-corrected chi connectivity index (χ2v) is 6.19. The van der Waals surface area contributed by atoms with Gasteiger partial charge >= 0.3 is 0 Å². The van der Waals surface area contributed by atoms with Crippen molar-refractivity contribution in [3.05, 3.63) is 70.2 Å². The molecule has 0 atom stereocenters. The molecule has 4 rings (SSSR count). The Hall–Kier alpha value is -2.61.